The van der Waals surface area contributed by atoms with Gasteiger partial charge in [0.2, 0.25) is 0 Å². The number of aliphatic hydroxyl groups is 14. The Morgan fingerprint density at radius 3 is 1.33 bits per heavy atom. The quantitative estimate of drug-likeness (QED) is 0.0921. The Labute approximate surface area is 310 Å². The zero-order valence-electron chi connectivity index (χ0n) is 29.1. The highest BCUT2D eigenvalue weighted by atomic mass is 16.8. The van der Waals surface area contributed by atoms with Crippen LogP contribution in [0.5, 0.6) is 0 Å². The topological polar surface area (TPSA) is 404 Å². The zero-order chi connectivity index (χ0) is 40.8. The van der Waals surface area contributed by atoms with Crippen LogP contribution in [0.3, 0.4) is 0 Å². The molecule has 15 N–H and O–H groups in total. The van der Waals surface area contributed by atoms with Crippen LogP contribution in [0.25, 0.3) is 0 Å². The molecule has 25 atom stereocenters. The van der Waals surface area contributed by atoms with Gasteiger partial charge in [0.25, 0.3) is 0 Å². The highest BCUT2D eigenvalue weighted by molar-refractivity contribution is 5.73. The standard InChI is InChI=1S/C30H50O25/c1-5-9(33)13(37)17(41)27(47-5)51-20-19(43)23(53-28-18(42)14(38)10(34)6(2)48-28)30(55-24(20)25(44)45)54-22-16(40)12(36)8(4-32)50-29(22)52-21-15(39)11(35)7(3-31)49-26(21)46/h5-24,26-43,46H,3-4H2,1-2H3,(H,44,45)/t5-,6-,7+,8+,9-,10-,11+,12+,13+,14+,15-,16-,17+,18+,19-,20-,21-,22-,23+,24-,26?,27-,28-,29+,30-/m0/s1. The molecule has 0 amide bonds. The van der Waals surface area contributed by atoms with Crippen molar-refractivity contribution in [3.05, 3.63) is 0 Å². The average molecular weight is 811 g/mol. The van der Waals surface area contributed by atoms with Gasteiger partial charge in [0.05, 0.1) is 25.4 Å². The van der Waals surface area contributed by atoms with E-state index in [-0.39, 0.29) is 0 Å². The highest BCUT2D eigenvalue weighted by Gasteiger charge is 2.58. The number of carboxylic acids is 1. The van der Waals surface area contributed by atoms with Gasteiger partial charge in [-0.3, -0.25) is 0 Å². The van der Waals surface area contributed by atoms with E-state index in [9.17, 15) is 81.4 Å². The van der Waals surface area contributed by atoms with Gasteiger partial charge in [-0.05, 0) is 13.8 Å². The van der Waals surface area contributed by atoms with Crippen molar-refractivity contribution in [3.63, 3.8) is 0 Å². The van der Waals surface area contributed by atoms with Gasteiger partial charge in [-0.1, -0.05) is 0 Å². The van der Waals surface area contributed by atoms with Gasteiger partial charge in [-0.2, -0.15) is 0 Å². The molecule has 0 aromatic heterocycles. The molecular formula is C30H50O25. The number of aliphatic carboxylic acids is 1. The lowest BCUT2D eigenvalue weighted by atomic mass is 9.95. The Hall–Kier alpha value is -1.45. The number of carboxylic acid groups (broad SMARTS) is 1. The summed E-state index contributed by atoms with van der Waals surface area (Å²) < 4.78 is 49.9. The maximum Gasteiger partial charge on any atom is 0.335 e. The normalized spacial score (nSPS) is 53.9. The van der Waals surface area contributed by atoms with E-state index in [1.165, 1.54) is 13.8 Å². The SMILES string of the molecule is C[C@@H]1O[C@@H](O[C@H]2[C@@H](O[C@@H]3[C@@H](O[C@@H]4C(O)O[C@H](CO)[C@@H](O)[C@@H]4O)O[C@H](CO)[C@@H](O)[C@@H]3O)O[C@H](C(=O)O)[C@@H](O[C@@H]3O[C@@H](C)[C@H](O)[C@@H](O)[C@H]3O)[C@@H]2O)[C@H](O)[C@H](O)[C@H]1O. The second kappa shape index (κ2) is 18.2. The summed E-state index contributed by atoms with van der Waals surface area (Å²) in [5.74, 6) is -1.86. The van der Waals surface area contributed by atoms with Crippen molar-refractivity contribution in [1.29, 1.82) is 0 Å². The van der Waals surface area contributed by atoms with Crippen LogP contribution in [0.2, 0.25) is 0 Å². The molecule has 0 bridgehead atoms. The molecule has 5 aliphatic rings. The second-order valence-corrected chi connectivity index (χ2v) is 14.0. The van der Waals surface area contributed by atoms with Crippen LogP contribution in [0.15, 0.2) is 0 Å². The molecule has 25 heteroatoms. The predicted molar refractivity (Wildman–Crippen MR) is 164 cm³/mol. The molecule has 25 nitrogen and oxygen atoms in total. The Balaban J connectivity index is 1.48. The third-order valence-electron chi connectivity index (χ3n) is 10.2. The van der Waals surface area contributed by atoms with Crippen molar-refractivity contribution in [2.45, 2.75) is 167 Å². The van der Waals surface area contributed by atoms with Gasteiger partial charge in [-0.15, -0.1) is 0 Å². The third kappa shape index (κ3) is 8.94. The maximum atomic E-state index is 12.6. The van der Waals surface area contributed by atoms with Crippen LogP contribution in [0.4, 0.5) is 0 Å². The molecule has 1 unspecified atom stereocenters. The summed E-state index contributed by atoms with van der Waals surface area (Å²) in [5, 5.41) is 157. The highest BCUT2D eigenvalue weighted by Crippen LogP contribution is 2.37. The smallest absolute Gasteiger partial charge is 0.335 e. The summed E-state index contributed by atoms with van der Waals surface area (Å²) in [7, 11) is 0. The van der Waals surface area contributed by atoms with Crippen LogP contribution >= 0.6 is 0 Å². The van der Waals surface area contributed by atoms with E-state index in [0.29, 0.717) is 0 Å². The summed E-state index contributed by atoms with van der Waals surface area (Å²) in [4.78, 5) is 12.6. The molecule has 55 heavy (non-hydrogen) atoms. The van der Waals surface area contributed by atoms with Gasteiger partial charge in [-0.25, -0.2) is 4.79 Å². The maximum absolute atomic E-state index is 12.6. The lowest BCUT2D eigenvalue weighted by Crippen LogP contribution is -2.69. The summed E-state index contributed by atoms with van der Waals surface area (Å²) in [6.07, 6.45) is -47.9. The number of aliphatic hydroxyl groups excluding tert-OH is 14. The van der Waals surface area contributed by atoms with Crippen molar-refractivity contribution >= 4 is 5.97 Å². The van der Waals surface area contributed by atoms with E-state index < -0.39 is 173 Å². The number of hydrogen-bond donors (Lipinski definition) is 15. The molecule has 0 spiro atoms. The van der Waals surface area contributed by atoms with Gasteiger partial charge in [0.15, 0.2) is 37.6 Å². The fourth-order valence-electron chi connectivity index (χ4n) is 6.83. The monoisotopic (exact) mass is 810 g/mol. The molecule has 0 aromatic rings. The molecule has 0 aromatic carbocycles. The molecule has 0 radical (unpaired) electrons. The fraction of sp³-hybridized carbons (Fsp3) is 0.967. The van der Waals surface area contributed by atoms with E-state index in [1.54, 1.807) is 0 Å². The van der Waals surface area contributed by atoms with Crippen molar-refractivity contribution in [3.8, 4) is 0 Å². The van der Waals surface area contributed by atoms with E-state index in [1.807, 2.05) is 0 Å². The molecule has 320 valence electrons. The van der Waals surface area contributed by atoms with Crippen LogP contribution in [0.1, 0.15) is 13.8 Å². The van der Waals surface area contributed by atoms with Gasteiger partial charge in [0.1, 0.15) is 104 Å². The first-order valence-corrected chi connectivity index (χ1v) is 17.3. The molecule has 0 aliphatic carbocycles. The van der Waals surface area contributed by atoms with Gasteiger partial charge < -0.3 is 119 Å². The number of carbonyl (C=O) groups is 1. The number of ether oxygens (including phenoxy) is 9. The fourth-order valence-corrected chi connectivity index (χ4v) is 6.83. The van der Waals surface area contributed by atoms with E-state index in [2.05, 4.69) is 0 Å². The van der Waals surface area contributed by atoms with Crippen molar-refractivity contribution in [2.75, 3.05) is 13.2 Å². The predicted octanol–water partition coefficient (Wildman–Crippen LogP) is -9.78. The van der Waals surface area contributed by atoms with Crippen molar-refractivity contribution < 1.29 is 124 Å². The first-order chi connectivity index (χ1) is 25.8. The molecule has 5 fully saturated rings. The first kappa shape index (κ1) is 44.6. The number of hydrogen-bond acceptors (Lipinski definition) is 24. The van der Waals surface area contributed by atoms with Crippen LogP contribution in [0, 0.1) is 0 Å². The van der Waals surface area contributed by atoms with Crippen LogP contribution < -0.4 is 0 Å². The summed E-state index contributed by atoms with van der Waals surface area (Å²) in [6, 6.07) is 0. The molecule has 0 saturated carbocycles. The molecular weight excluding hydrogens is 760 g/mol. The Bertz CT molecular complexity index is 1250. The van der Waals surface area contributed by atoms with Gasteiger partial charge in [0, 0.05) is 0 Å². The van der Waals surface area contributed by atoms with Crippen LogP contribution in [-0.4, -0.2) is 249 Å². The minimum Gasteiger partial charge on any atom is -0.479 e. The van der Waals surface area contributed by atoms with Crippen LogP contribution in [-0.2, 0) is 47.4 Å². The first-order valence-electron chi connectivity index (χ1n) is 17.3. The Morgan fingerprint density at radius 2 is 0.836 bits per heavy atom. The molecule has 5 saturated heterocycles. The minimum absolute atomic E-state index is 0.842. The average Bonchev–Trinajstić information content (AvgIpc) is 3.15. The lowest BCUT2D eigenvalue weighted by Gasteiger charge is -2.50. The van der Waals surface area contributed by atoms with E-state index >= 15 is 0 Å². The largest absolute Gasteiger partial charge is 0.479 e. The van der Waals surface area contributed by atoms with E-state index in [0.717, 1.165) is 0 Å². The lowest BCUT2D eigenvalue weighted by molar-refractivity contribution is -0.409. The van der Waals surface area contributed by atoms with Crippen molar-refractivity contribution in [2.24, 2.45) is 0 Å². The third-order valence-corrected chi connectivity index (χ3v) is 10.2. The van der Waals surface area contributed by atoms with E-state index in [4.69, 9.17) is 42.6 Å². The summed E-state index contributed by atoms with van der Waals surface area (Å²) in [6.45, 7) is 0.761. The molecule has 5 heterocycles. The Morgan fingerprint density at radius 1 is 0.436 bits per heavy atom. The molecule has 5 aliphatic heterocycles. The van der Waals surface area contributed by atoms with Gasteiger partial charge >= 0.3 is 5.97 Å². The second-order valence-electron chi connectivity index (χ2n) is 14.0. The zero-order valence-corrected chi connectivity index (χ0v) is 29.1. The summed E-state index contributed by atoms with van der Waals surface area (Å²) in [5.41, 5.74) is 0. The van der Waals surface area contributed by atoms with Crippen molar-refractivity contribution in [1.82, 2.24) is 0 Å². The minimum atomic E-state index is -2.31. The molecule has 5 rings (SSSR count). The summed E-state index contributed by atoms with van der Waals surface area (Å²) >= 11 is 0. The Kier molecular flexibility index (Phi) is 14.8. The number of rotatable bonds is 11.